The molecule has 1 aromatic heterocycles. The highest BCUT2D eigenvalue weighted by Gasteiger charge is 2.52. The van der Waals surface area contributed by atoms with Gasteiger partial charge in [-0.1, -0.05) is 18.2 Å². The Labute approximate surface area is 147 Å². The molecule has 2 aliphatic rings. The van der Waals surface area contributed by atoms with E-state index in [-0.39, 0.29) is 29.9 Å². The number of thioether (sulfide) groups is 1. The fourth-order valence-corrected chi connectivity index (χ4v) is 4.71. The van der Waals surface area contributed by atoms with E-state index in [2.05, 4.69) is 4.98 Å². The Bertz CT molecular complexity index is 912. The van der Waals surface area contributed by atoms with E-state index in [0.717, 1.165) is 5.75 Å². The molecule has 2 aromatic rings. The molecule has 2 fully saturated rings. The Balaban J connectivity index is 1.54. The van der Waals surface area contributed by atoms with E-state index in [4.69, 9.17) is 9.47 Å². The molecule has 1 aromatic carbocycles. The standard InChI is InChI=1S/C17H17FN2O4S/c1-9-6-20(17(22)19-15(9)21)16-14-13(12(24-16)8-25-14)23-7-10-4-2-3-5-11(10)18/h2-6,12-14,16H,7-8H2,1H3,(H,19,21,22)/t12-,13+,14+,16+/m1/s1. The van der Waals surface area contributed by atoms with Crippen LogP contribution < -0.4 is 11.2 Å². The number of aromatic amines is 1. The van der Waals surface area contributed by atoms with Gasteiger partial charge in [0.15, 0.2) is 6.23 Å². The third-order valence-corrected chi connectivity index (χ3v) is 5.95. The summed E-state index contributed by atoms with van der Waals surface area (Å²) in [6, 6.07) is 6.49. The number of hydrogen-bond donors (Lipinski definition) is 1. The van der Waals surface area contributed by atoms with Crippen LogP contribution in [0.1, 0.15) is 17.4 Å². The van der Waals surface area contributed by atoms with E-state index < -0.39 is 17.5 Å². The number of benzene rings is 1. The van der Waals surface area contributed by atoms with Crippen LogP contribution in [-0.4, -0.2) is 32.8 Å². The van der Waals surface area contributed by atoms with Gasteiger partial charge in [-0.2, -0.15) is 0 Å². The zero-order valence-electron chi connectivity index (χ0n) is 13.5. The number of aryl methyl sites for hydroxylation is 1. The highest BCUT2D eigenvalue weighted by Crippen LogP contribution is 2.46. The molecule has 2 saturated heterocycles. The molecular formula is C17H17FN2O4S. The molecule has 2 bridgehead atoms. The molecule has 25 heavy (non-hydrogen) atoms. The lowest BCUT2D eigenvalue weighted by Crippen LogP contribution is -2.37. The Morgan fingerprint density at radius 1 is 1.40 bits per heavy atom. The summed E-state index contributed by atoms with van der Waals surface area (Å²) < 4.78 is 27.0. The number of H-pyrrole nitrogens is 1. The number of ether oxygens (including phenoxy) is 2. The molecule has 6 nitrogen and oxygen atoms in total. The predicted octanol–water partition coefficient (Wildman–Crippen LogP) is 1.58. The summed E-state index contributed by atoms with van der Waals surface area (Å²) in [6.45, 7) is 1.79. The van der Waals surface area contributed by atoms with Crippen molar-refractivity contribution in [3.63, 3.8) is 0 Å². The van der Waals surface area contributed by atoms with E-state index in [1.165, 1.54) is 16.8 Å². The summed E-state index contributed by atoms with van der Waals surface area (Å²) in [5.74, 6) is 0.464. The first kappa shape index (κ1) is 16.6. The van der Waals surface area contributed by atoms with Crippen molar-refractivity contribution in [2.45, 2.75) is 37.2 Å². The van der Waals surface area contributed by atoms with Crippen LogP contribution in [0.2, 0.25) is 0 Å². The van der Waals surface area contributed by atoms with Gasteiger partial charge in [-0.25, -0.2) is 9.18 Å². The first-order valence-electron chi connectivity index (χ1n) is 7.99. The number of halogens is 1. The van der Waals surface area contributed by atoms with Crippen molar-refractivity contribution in [2.24, 2.45) is 0 Å². The lowest BCUT2D eigenvalue weighted by atomic mass is 10.2. The van der Waals surface area contributed by atoms with Gasteiger partial charge in [0.25, 0.3) is 5.56 Å². The predicted molar refractivity (Wildman–Crippen MR) is 91.2 cm³/mol. The highest BCUT2D eigenvalue weighted by atomic mass is 32.2. The van der Waals surface area contributed by atoms with E-state index in [1.807, 2.05) is 0 Å². The third kappa shape index (κ3) is 2.94. The number of nitrogens with one attached hydrogen (secondary N) is 1. The van der Waals surface area contributed by atoms with Crippen LogP contribution in [0.15, 0.2) is 40.1 Å². The van der Waals surface area contributed by atoms with Gasteiger partial charge in [0, 0.05) is 23.1 Å². The van der Waals surface area contributed by atoms with Gasteiger partial charge in [-0.15, -0.1) is 11.8 Å². The van der Waals surface area contributed by atoms with Crippen molar-refractivity contribution in [1.82, 2.24) is 9.55 Å². The molecule has 4 rings (SSSR count). The summed E-state index contributed by atoms with van der Waals surface area (Å²) in [7, 11) is 0. The van der Waals surface area contributed by atoms with Gasteiger partial charge in [0.1, 0.15) is 11.9 Å². The molecule has 4 atom stereocenters. The fourth-order valence-electron chi connectivity index (χ4n) is 3.23. The molecule has 2 aliphatic heterocycles. The van der Waals surface area contributed by atoms with Crippen LogP contribution in [0.5, 0.6) is 0 Å². The topological polar surface area (TPSA) is 73.3 Å². The average Bonchev–Trinajstić information content (AvgIpc) is 3.14. The summed E-state index contributed by atoms with van der Waals surface area (Å²) in [6.07, 6.45) is 0.623. The molecule has 0 amide bonds. The highest BCUT2D eigenvalue weighted by molar-refractivity contribution is 8.00. The lowest BCUT2D eigenvalue weighted by molar-refractivity contribution is -0.0320. The molecule has 0 unspecified atom stereocenters. The fraction of sp³-hybridized carbons (Fsp3) is 0.412. The van der Waals surface area contributed by atoms with E-state index in [0.29, 0.717) is 11.1 Å². The molecular weight excluding hydrogens is 347 g/mol. The molecule has 0 saturated carbocycles. The zero-order chi connectivity index (χ0) is 17.6. The summed E-state index contributed by atoms with van der Waals surface area (Å²) in [5.41, 5.74) is 0.0400. The van der Waals surface area contributed by atoms with Gasteiger partial charge in [0.2, 0.25) is 0 Å². The van der Waals surface area contributed by atoms with Crippen molar-refractivity contribution in [3.05, 3.63) is 68.2 Å². The van der Waals surface area contributed by atoms with Crippen molar-refractivity contribution < 1.29 is 13.9 Å². The molecule has 0 radical (unpaired) electrons. The van der Waals surface area contributed by atoms with E-state index in [9.17, 15) is 14.0 Å². The number of aromatic nitrogens is 2. The van der Waals surface area contributed by atoms with E-state index in [1.54, 1.807) is 36.9 Å². The molecule has 132 valence electrons. The monoisotopic (exact) mass is 364 g/mol. The second kappa shape index (κ2) is 6.44. The number of fused-ring (bicyclic) bond motifs is 2. The Morgan fingerprint density at radius 3 is 3.00 bits per heavy atom. The Hall–Kier alpha value is -1.90. The van der Waals surface area contributed by atoms with Crippen LogP contribution in [-0.2, 0) is 16.1 Å². The quantitative estimate of drug-likeness (QED) is 0.892. The van der Waals surface area contributed by atoms with Crippen LogP contribution in [0, 0.1) is 12.7 Å². The second-order valence-electron chi connectivity index (χ2n) is 6.21. The van der Waals surface area contributed by atoms with Crippen molar-refractivity contribution >= 4 is 11.8 Å². The van der Waals surface area contributed by atoms with Gasteiger partial charge >= 0.3 is 5.69 Å². The largest absolute Gasteiger partial charge is 0.369 e. The van der Waals surface area contributed by atoms with Crippen LogP contribution >= 0.6 is 11.8 Å². The number of nitrogens with zero attached hydrogens (tertiary/aromatic N) is 1. The second-order valence-corrected chi connectivity index (χ2v) is 7.42. The van der Waals surface area contributed by atoms with Gasteiger partial charge in [0.05, 0.1) is 18.0 Å². The van der Waals surface area contributed by atoms with Gasteiger partial charge < -0.3 is 9.47 Å². The minimum absolute atomic E-state index is 0.0835. The number of rotatable bonds is 4. The summed E-state index contributed by atoms with van der Waals surface area (Å²) in [5, 5.41) is -0.0835. The maximum Gasteiger partial charge on any atom is 0.330 e. The van der Waals surface area contributed by atoms with Crippen LogP contribution in [0.25, 0.3) is 0 Å². The van der Waals surface area contributed by atoms with Crippen molar-refractivity contribution in [1.29, 1.82) is 0 Å². The molecule has 8 heteroatoms. The Morgan fingerprint density at radius 2 is 2.20 bits per heavy atom. The average molecular weight is 364 g/mol. The Kier molecular flexibility index (Phi) is 4.26. The van der Waals surface area contributed by atoms with Crippen LogP contribution in [0.3, 0.4) is 0 Å². The number of hydrogen-bond acceptors (Lipinski definition) is 5. The molecule has 1 N–H and O–H groups in total. The normalized spacial score (nSPS) is 27.8. The zero-order valence-corrected chi connectivity index (χ0v) is 14.3. The lowest BCUT2D eigenvalue weighted by Gasteiger charge is -2.23. The maximum absolute atomic E-state index is 13.8. The minimum atomic E-state index is -0.502. The van der Waals surface area contributed by atoms with Crippen molar-refractivity contribution in [3.8, 4) is 0 Å². The molecule has 3 heterocycles. The first-order valence-corrected chi connectivity index (χ1v) is 9.03. The van der Waals surface area contributed by atoms with Gasteiger partial charge in [-0.05, 0) is 13.0 Å². The smallest absolute Gasteiger partial charge is 0.330 e. The summed E-state index contributed by atoms with van der Waals surface area (Å²) in [4.78, 5) is 26.0. The van der Waals surface area contributed by atoms with Crippen LogP contribution in [0.4, 0.5) is 4.39 Å². The third-order valence-electron chi connectivity index (χ3n) is 4.55. The van der Waals surface area contributed by atoms with Gasteiger partial charge in [-0.3, -0.25) is 14.3 Å². The minimum Gasteiger partial charge on any atom is -0.369 e. The maximum atomic E-state index is 13.8. The molecule has 0 spiro atoms. The molecule has 0 aliphatic carbocycles. The summed E-state index contributed by atoms with van der Waals surface area (Å²) >= 11 is 1.67. The SMILES string of the molecule is Cc1cn([C@H]2O[C@@H]3CS[C@H]2[C@H]3OCc2ccccc2F)c(=O)[nH]c1=O. The first-order chi connectivity index (χ1) is 12.0. The van der Waals surface area contributed by atoms with Crippen molar-refractivity contribution in [2.75, 3.05) is 5.75 Å². The van der Waals surface area contributed by atoms with E-state index >= 15 is 0 Å².